The van der Waals surface area contributed by atoms with Crippen molar-refractivity contribution in [3.63, 3.8) is 0 Å². The monoisotopic (exact) mass is 315 g/mol. The number of benzene rings is 1. The highest BCUT2D eigenvalue weighted by atomic mass is 79.9. The van der Waals surface area contributed by atoms with Crippen molar-refractivity contribution in [2.45, 2.75) is 6.92 Å². The number of nitrogens with zero attached hydrogens (tertiary/aromatic N) is 1. The molecule has 0 unspecified atom stereocenters. The molecule has 0 heterocycles. The summed E-state index contributed by atoms with van der Waals surface area (Å²) in [5.41, 5.74) is 0.578. The fourth-order valence-corrected chi connectivity index (χ4v) is 2.05. The number of carbonyl (C=O) groups excluding carboxylic acids is 1. The summed E-state index contributed by atoms with van der Waals surface area (Å²) in [6.45, 7) is 3.30. The summed E-state index contributed by atoms with van der Waals surface area (Å²) in [5.74, 6) is 1.22. The van der Waals surface area contributed by atoms with Crippen LogP contribution in [0.4, 0.5) is 0 Å². The minimum absolute atomic E-state index is 0.0193. The number of hydrogen-bond donors (Lipinski definition) is 0. The molecule has 1 amide bonds. The lowest BCUT2D eigenvalue weighted by molar-refractivity contribution is 0.0774. The Kier molecular flexibility index (Phi) is 5.98. The largest absolute Gasteiger partial charge is 0.497 e. The van der Waals surface area contributed by atoms with Crippen LogP contribution >= 0.6 is 15.9 Å². The highest BCUT2D eigenvalue weighted by Gasteiger charge is 2.15. The minimum atomic E-state index is -0.0193. The van der Waals surface area contributed by atoms with Crippen molar-refractivity contribution in [1.29, 1.82) is 0 Å². The van der Waals surface area contributed by atoms with E-state index in [-0.39, 0.29) is 5.91 Å². The summed E-state index contributed by atoms with van der Waals surface area (Å²) < 4.78 is 10.3. The summed E-state index contributed by atoms with van der Waals surface area (Å²) in [6.07, 6.45) is 0. The van der Waals surface area contributed by atoms with Crippen molar-refractivity contribution >= 4 is 21.8 Å². The van der Waals surface area contributed by atoms with E-state index in [1.54, 1.807) is 37.3 Å². The topological polar surface area (TPSA) is 38.8 Å². The van der Waals surface area contributed by atoms with E-state index in [1.165, 1.54) is 0 Å². The van der Waals surface area contributed by atoms with Crippen LogP contribution in [0.1, 0.15) is 17.3 Å². The van der Waals surface area contributed by atoms with Crippen molar-refractivity contribution in [1.82, 2.24) is 4.90 Å². The van der Waals surface area contributed by atoms with Gasteiger partial charge in [0, 0.05) is 30.0 Å². The Bertz CT molecular complexity index is 387. The number of ether oxygens (including phenoxy) is 2. The van der Waals surface area contributed by atoms with Crippen LogP contribution in [-0.2, 0) is 0 Å². The van der Waals surface area contributed by atoms with Crippen molar-refractivity contribution < 1.29 is 14.3 Å². The molecule has 0 fully saturated rings. The molecule has 18 heavy (non-hydrogen) atoms. The summed E-state index contributed by atoms with van der Waals surface area (Å²) in [5, 5.41) is 0.758. The fraction of sp³-hybridized carbons (Fsp3) is 0.462. The summed E-state index contributed by atoms with van der Waals surface area (Å²) in [4.78, 5) is 14.1. The van der Waals surface area contributed by atoms with Crippen molar-refractivity contribution in [2.24, 2.45) is 0 Å². The van der Waals surface area contributed by atoms with Gasteiger partial charge in [-0.25, -0.2) is 0 Å². The Morgan fingerprint density at radius 2 is 1.78 bits per heavy atom. The van der Waals surface area contributed by atoms with E-state index in [4.69, 9.17) is 9.47 Å². The van der Waals surface area contributed by atoms with Gasteiger partial charge in [-0.15, -0.1) is 0 Å². The van der Waals surface area contributed by atoms with Crippen LogP contribution in [-0.4, -0.2) is 43.4 Å². The molecule has 1 aromatic rings. The molecule has 0 N–H and O–H groups in total. The van der Waals surface area contributed by atoms with Crippen molar-refractivity contribution in [2.75, 3.05) is 32.6 Å². The number of methoxy groups -OCH3 is 2. The predicted octanol–water partition coefficient (Wildman–Crippen LogP) is 2.56. The second-order valence-corrected chi connectivity index (χ2v) is 4.47. The molecule has 0 aliphatic carbocycles. The summed E-state index contributed by atoms with van der Waals surface area (Å²) >= 11 is 3.34. The van der Waals surface area contributed by atoms with E-state index in [1.807, 2.05) is 6.92 Å². The van der Waals surface area contributed by atoms with Gasteiger partial charge in [-0.3, -0.25) is 4.79 Å². The third-order valence-corrected chi connectivity index (χ3v) is 2.98. The molecule has 100 valence electrons. The van der Waals surface area contributed by atoms with E-state index in [0.717, 1.165) is 5.33 Å². The van der Waals surface area contributed by atoms with Crippen molar-refractivity contribution in [3.05, 3.63) is 23.8 Å². The fourth-order valence-electron chi connectivity index (χ4n) is 1.62. The average molecular weight is 316 g/mol. The quantitative estimate of drug-likeness (QED) is 0.757. The van der Waals surface area contributed by atoms with Crippen LogP contribution in [0.15, 0.2) is 18.2 Å². The Hall–Kier alpha value is -1.23. The third-order valence-electron chi connectivity index (χ3n) is 2.62. The Morgan fingerprint density at radius 3 is 2.17 bits per heavy atom. The lowest BCUT2D eigenvalue weighted by atomic mass is 10.1. The first-order valence-corrected chi connectivity index (χ1v) is 6.86. The predicted molar refractivity (Wildman–Crippen MR) is 74.9 cm³/mol. The molecule has 0 spiro atoms. The highest BCUT2D eigenvalue weighted by Crippen LogP contribution is 2.23. The molecule has 0 aromatic heterocycles. The van der Waals surface area contributed by atoms with Crippen LogP contribution in [0.25, 0.3) is 0 Å². The van der Waals surface area contributed by atoms with Gasteiger partial charge in [-0.2, -0.15) is 0 Å². The molecule has 0 saturated carbocycles. The molecule has 0 aliphatic heterocycles. The van der Waals surface area contributed by atoms with E-state index >= 15 is 0 Å². The van der Waals surface area contributed by atoms with Gasteiger partial charge in [0.15, 0.2) is 0 Å². The summed E-state index contributed by atoms with van der Waals surface area (Å²) in [7, 11) is 3.14. The zero-order chi connectivity index (χ0) is 13.5. The first kappa shape index (κ1) is 14.8. The van der Waals surface area contributed by atoms with Gasteiger partial charge >= 0.3 is 0 Å². The molecule has 1 rings (SSSR count). The van der Waals surface area contributed by atoms with E-state index in [2.05, 4.69) is 15.9 Å². The van der Waals surface area contributed by atoms with Crippen molar-refractivity contribution in [3.8, 4) is 11.5 Å². The SMILES string of the molecule is CCN(CCBr)C(=O)c1cc(OC)cc(OC)c1. The van der Waals surface area contributed by atoms with E-state index in [0.29, 0.717) is 30.2 Å². The van der Waals surface area contributed by atoms with Gasteiger partial charge in [0.1, 0.15) is 11.5 Å². The lowest BCUT2D eigenvalue weighted by Crippen LogP contribution is -2.32. The average Bonchev–Trinajstić information content (AvgIpc) is 2.43. The Morgan fingerprint density at radius 1 is 1.22 bits per heavy atom. The smallest absolute Gasteiger partial charge is 0.254 e. The van der Waals surface area contributed by atoms with Gasteiger partial charge in [-0.05, 0) is 19.1 Å². The highest BCUT2D eigenvalue weighted by molar-refractivity contribution is 9.09. The Balaban J connectivity index is 3.03. The molecule has 0 saturated heterocycles. The molecule has 4 nitrogen and oxygen atoms in total. The van der Waals surface area contributed by atoms with Crippen LogP contribution in [0.5, 0.6) is 11.5 Å². The van der Waals surface area contributed by atoms with Crippen LogP contribution < -0.4 is 9.47 Å². The maximum Gasteiger partial charge on any atom is 0.254 e. The lowest BCUT2D eigenvalue weighted by Gasteiger charge is -2.20. The van der Waals surface area contributed by atoms with Gasteiger partial charge in [0.05, 0.1) is 14.2 Å². The van der Waals surface area contributed by atoms with Crippen LogP contribution in [0.3, 0.4) is 0 Å². The normalized spacial score (nSPS) is 10.0. The molecule has 5 heteroatoms. The number of halogens is 1. The second-order valence-electron chi connectivity index (χ2n) is 3.68. The van der Waals surface area contributed by atoms with Gasteiger partial charge in [0.25, 0.3) is 5.91 Å². The van der Waals surface area contributed by atoms with E-state index in [9.17, 15) is 4.79 Å². The molecule has 0 radical (unpaired) electrons. The molecular formula is C13H18BrNO3. The number of alkyl halides is 1. The Labute approximate surface area is 116 Å². The number of hydrogen-bond acceptors (Lipinski definition) is 3. The standard InChI is InChI=1S/C13H18BrNO3/c1-4-15(6-5-14)13(16)10-7-11(17-2)9-12(8-10)18-3/h7-9H,4-6H2,1-3H3. The maximum absolute atomic E-state index is 12.3. The molecule has 0 atom stereocenters. The first-order chi connectivity index (χ1) is 8.65. The number of amides is 1. The third kappa shape index (κ3) is 3.63. The van der Waals surface area contributed by atoms with Gasteiger partial charge in [0.2, 0.25) is 0 Å². The van der Waals surface area contributed by atoms with E-state index < -0.39 is 0 Å². The number of carbonyl (C=O) groups is 1. The second kappa shape index (κ2) is 7.26. The van der Waals surface area contributed by atoms with Crippen LogP contribution in [0, 0.1) is 0 Å². The van der Waals surface area contributed by atoms with Gasteiger partial charge in [-0.1, -0.05) is 15.9 Å². The van der Waals surface area contributed by atoms with Crippen LogP contribution in [0.2, 0.25) is 0 Å². The first-order valence-electron chi connectivity index (χ1n) is 5.74. The minimum Gasteiger partial charge on any atom is -0.497 e. The zero-order valence-corrected chi connectivity index (χ0v) is 12.5. The maximum atomic E-state index is 12.3. The molecule has 0 aliphatic rings. The molecular weight excluding hydrogens is 298 g/mol. The van der Waals surface area contributed by atoms with Gasteiger partial charge < -0.3 is 14.4 Å². The zero-order valence-electron chi connectivity index (χ0n) is 10.9. The summed E-state index contributed by atoms with van der Waals surface area (Å²) in [6, 6.07) is 5.20. The molecule has 1 aromatic carbocycles. The molecule has 0 bridgehead atoms. The number of rotatable bonds is 6.